The molecule has 0 fully saturated rings. The molecule has 2 rings (SSSR count). The average molecular weight is 410 g/mol. The Morgan fingerprint density at radius 1 is 1.19 bits per heavy atom. The molecule has 0 aromatic heterocycles. The number of nitrogens with two attached hydrogens (primary N) is 1. The number of sulfonamides is 1. The van der Waals surface area contributed by atoms with Gasteiger partial charge in [0, 0.05) is 5.02 Å². The smallest absolute Gasteiger partial charge is 0.250 e. The van der Waals surface area contributed by atoms with Gasteiger partial charge in [0.05, 0.1) is 23.2 Å². The Balaban J connectivity index is 2.42. The Bertz CT molecular complexity index is 992. The maximum absolute atomic E-state index is 12.7. The third-order valence-electron chi connectivity index (χ3n) is 3.95. The second-order valence-corrected chi connectivity index (χ2v) is 8.36. The number of hydrogen-bond donors (Lipinski definition) is 2. The van der Waals surface area contributed by atoms with Crippen LogP contribution in [-0.4, -0.2) is 32.5 Å². The zero-order valence-corrected chi connectivity index (χ0v) is 16.6. The molecule has 2 aromatic carbocycles. The Kier molecular flexibility index (Phi) is 6.12. The topological polar surface area (TPSA) is 110 Å². The van der Waals surface area contributed by atoms with E-state index in [9.17, 15) is 18.0 Å². The van der Waals surface area contributed by atoms with Crippen molar-refractivity contribution in [3.8, 4) is 0 Å². The second-order valence-electron chi connectivity index (χ2n) is 6.06. The van der Waals surface area contributed by atoms with Crippen LogP contribution in [0.15, 0.2) is 42.5 Å². The number of benzene rings is 2. The molecule has 0 heterocycles. The standard InChI is InChI=1S/C18H20ClN3O4S/c1-11-8-9-13(19)10-16(11)22(27(3,25)26)12(2)18(24)21-15-7-5-4-6-14(15)17(20)23/h4-10,12H,1-3H3,(H2,20,23)(H,21,24)/t12-/m0/s1. The van der Waals surface area contributed by atoms with E-state index in [2.05, 4.69) is 5.32 Å². The van der Waals surface area contributed by atoms with Gasteiger partial charge in [-0.15, -0.1) is 0 Å². The van der Waals surface area contributed by atoms with Gasteiger partial charge in [-0.1, -0.05) is 29.8 Å². The molecule has 2 amide bonds. The van der Waals surface area contributed by atoms with Crippen LogP contribution in [0.5, 0.6) is 0 Å². The number of amides is 2. The first-order chi connectivity index (χ1) is 12.5. The molecule has 0 saturated carbocycles. The van der Waals surface area contributed by atoms with Gasteiger partial charge < -0.3 is 11.1 Å². The number of rotatable bonds is 6. The fourth-order valence-electron chi connectivity index (χ4n) is 2.65. The van der Waals surface area contributed by atoms with Crippen molar-refractivity contribution in [2.24, 2.45) is 5.73 Å². The minimum atomic E-state index is -3.80. The maximum atomic E-state index is 12.7. The Morgan fingerprint density at radius 2 is 1.81 bits per heavy atom. The molecule has 1 atom stereocenters. The van der Waals surface area contributed by atoms with Crippen LogP contribution in [-0.2, 0) is 14.8 Å². The van der Waals surface area contributed by atoms with E-state index in [1.807, 2.05) is 0 Å². The van der Waals surface area contributed by atoms with Gasteiger partial charge in [-0.2, -0.15) is 0 Å². The molecule has 0 aliphatic carbocycles. The van der Waals surface area contributed by atoms with Gasteiger partial charge in [0.15, 0.2) is 0 Å². The molecule has 144 valence electrons. The summed E-state index contributed by atoms with van der Waals surface area (Å²) in [5.74, 6) is -1.32. The van der Waals surface area contributed by atoms with Crippen molar-refractivity contribution in [2.45, 2.75) is 19.9 Å². The lowest BCUT2D eigenvalue weighted by Crippen LogP contribution is -2.45. The van der Waals surface area contributed by atoms with E-state index in [4.69, 9.17) is 17.3 Å². The minimum Gasteiger partial charge on any atom is -0.366 e. The van der Waals surface area contributed by atoms with E-state index in [0.717, 1.165) is 10.6 Å². The first-order valence-corrected chi connectivity index (χ1v) is 10.2. The number of carbonyl (C=O) groups excluding carboxylic acids is 2. The van der Waals surface area contributed by atoms with Crippen LogP contribution >= 0.6 is 11.6 Å². The molecular weight excluding hydrogens is 390 g/mol. The summed E-state index contributed by atoms with van der Waals surface area (Å²) in [6.45, 7) is 3.17. The van der Waals surface area contributed by atoms with Gasteiger partial charge in [0.2, 0.25) is 15.9 Å². The number of nitrogens with zero attached hydrogens (tertiary/aromatic N) is 1. The predicted molar refractivity (Wildman–Crippen MR) is 107 cm³/mol. The van der Waals surface area contributed by atoms with E-state index >= 15 is 0 Å². The lowest BCUT2D eigenvalue weighted by molar-refractivity contribution is -0.116. The molecule has 7 nitrogen and oxygen atoms in total. The minimum absolute atomic E-state index is 0.128. The summed E-state index contributed by atoms with van der Waals surface area (Å²) in [5, 5.41) is 2.91. The summed E-state index contributed by atoms with van der Waals surface area (Å²) in [7, 11) is -3.80. The van der Waals surface area contributed by atoms with Gasteiger partial charge in [-0.3, -0.25) is 13.9 Å². The molecule has 0 aliphatic rings. The van der Waals surface area contributed by atoms with Crippen molar-refractivity contribution >= 4 is 44.8 Å². The highest BCUT2D eigenvalue weighted by atomic mass is 35.5. The number of para-hydroxylation sites is 1. The van der Waals surface area contributed by atoms with Crippen molar-refractivity contribution < 1.29 is 18.0 Å². The number of anilines is 2. The molecular formula is C18H20ClN3O4S. The molecule has 0 aliphatic heterocycles. The first-order valence-electron chi connectivity index (χ1n) is 7.97. The predicted octanol–water partition coefficient (Wildman–Crippen LogP) is 2.54. The zero-order chi connectivity index (χ0) is 20.4. The summed E-state index contributed by atoms with van der Waals surface area (Å²) in [4.78, 5) is 24.3. The fraction of sp³-hybridized carbons (Fsp3) is 0.222. The van der Waals surface area contributed by atoms with Crippen LogP contribution in [0.3, 0.4) is 0 Å². The highest BCUT2D eigenvalue weighted by Gasteiger charge is 2.30. The quantitative estimate of drug-likeness (QED) is 0.763. The fourth-order valence-corrected chi connectivity index (χ4v) is 4.04. The van der Waals surface area contributed by atoms with Crippen LogP contribution in [0.4, 0.5) is 11.4 Å². The van der Waals surface area contributed by atoms with Crippen LogP contribution in [0.1, 0.15) is 22.8 Å². The van der Waals surface area contributed by atoms with Gasteiger partial charge in [0.25, 0.3) is 5.91 Å². The van der Waals surface area contributed by atoms with E-state index < -0.39 is 27.9 Å². The van der Waals surface area contributed by atoms with Crippen LogP contribution in [0.2, 0.25) is 5.02 Å². The largest absolute Gasteiger partial charge is 0.366 e. The summed E-state index contributed by atoms with van der Waals surface area (Å²) in [6, 6.07) is 9.91. The van der Waals surface area contributed by atoms with E-state index in [-0.39, 0.29) is 11.3 Å². The van der Waals surface area contributed by atoms with Crippen LogP contribution in [0, 0.1) is 6.92 Å². The first kappa shape index (κ1) is 20.7. The third-order valence-corrected chi connectivity index (χ3v) is 5.41. The van der Waals surface area contributed by atoms with Crippen molar-refractivity contribution in [2.75, 3.05) is 15.9 Å². The molecule has 0 radical (unpaired) electrons. The molecule has 2 aromatic rings. The van der Waals surface area contributed by atoms with Gasteiger partial charge in [0.1, 0.15) is 6.04 Å². The normalized spacial score (nSPS) is 12.3. The molecule has 3 N–H and O–H groups in total. The lowest BCUT2D eigenvalue weighted by atomic mass is 10.1. The van der Waals surface area contributed by atoms with E-state index in [1.54, 1.807) is 31.2 Å². The monoisotopic (exact) mass is 409 g/mol. The van der Waals surface area contributed by atoms with Gasteiger partial charge in [-0.05, 0) is 43.7 Å². The molecule has 0 bridgehead atoms. The Hall–Kier alpha value is -2.58. The number of primary amides is 1. The van der Waals surface area contributed by atoms with Crippen molar-refractivity contribution in [3.05, 3.63) is 58.6 Å². The summed E-state index contributed by atoms with van der Waals surface area (Å²) >= 11 is 6.01. The highest BCUT2D eigenvalue weighted by molar-refractivity contribution is 7.92. The molecule has 0 unspecified atom stereocenters. The molecule has 0 spiro atoms. The number of halogens is 1. The zero-order valence-electron chi connectivity index (χ0n) is 15.1. The lowest BCUT2D eigenvalue weighted by Gasteiger charge is -2.29. The van der Waals surface area contributed by atoms with Crippen molar-refractivity contribution in [3.63, 3.8) is 0 Å². The highest BCUT2D eigenvalue weighted by Crippen LogP contribution is 2.28. The second kappa shape index (κ2) is 7.98. The Morgan fingerprint density at radius 3 is 2.41 bits per heavy atom. The average Bonchev–Trinajstić information content (AvgIpc) is 2.57. The molecule has 27 heavy (non-hydrogen) atoms. The Labute approximate surface area is 163 Å². The maximum Gasteiger partial charge on any atom is 0.250 e. The number of aryl methyl sites for hydroxylation is 1. The number of hydrogen-bond acceptors (Lipinski definition) is 4. The van der Waals surface area contributed by atoms with Crippen LogP contribution < -0.4 is 15.4 Å². The number of nitrogens with one attached hydrogen (secondary N) is 1. The summed E-state index contributed by atoms with van der Waals surface area (Å²) < 4.78 is 25.8. The van der Waals surface area contributed by atoms with Gasteiger partial charge in [-0.25, -0.2) is 8.42 Å². The van der Waals surface area contributed by atoms with Crippen molar-refractivity contribution in [1.82, 2.24) is 0 Å². The third kappa shape index (κ3) is 4.78. The molecule has 9 heteroatoms. The molecule has 0 saturated heterocycles. The summed E-state index contributed by atoms with van der Waals surface area (Å²) in [6.07, 6.45) is 1.01. The van der Waals surface area contributed by atoms with Gasteiger partial charge >= 0.3 is 0 Å². The SMILES string of the molecule is Cc1ccc(Cl)cc1N([C@@H](C)C(=O)Nc1ccccc1C(N)=O)S(C)(=O)=O. The van der Waals surface area contributed by atoms with Crippen LogP contribution in [0.25, 0.3) is 0 Å². The van der Waals surface area contributed by atoms with Crippen molar-refractivity contribution in [1.29, 1.82) is 0 Å². The van der Waals surface area contributed by atoms with E-state index in [0.29, 0.717) is 16.3 Å². The summed E-state index contributed by atoms with van der Waals surface area (Å²) in [5.41, 5.74) is 6.59. The van der Waals surface area contributed by atoms with E-state index in [1.165, 1.54) is 25.1 Å². The number of carbonyl (C=O) groups is 2.